The quantitative estimate of drug-likeness (QED) is 0.651. The van der Waals surface area contributed by atoms with Crippen LogP contribution in [0, 0.1) is 0 Å². The summed E-state index contributed by atoms with van der Waals surface area (Å²) >= 11 is 7.79. The van der Waals surface area contributed by atoms with Gasteiger partial charge in [-0.25, -0.2) is 0 Å². The normalized spacial score (nSPS) is 9.46. The van der Waals surface area contributed by atoms with E-state index in [1.807, 2.05) is 22.9 Å². The zero-order chi connectivity index (χ0) is 9.84. The van der Waals surface area contributed by atoms with Crippen molar-refractivity contribution in [2.45, 2.75) is 0 Å². The largest absolute Gasteiger partial charge is 0.355 e. The van der Waals surface area contributed by atoms with Gasteiger partial charge in [0.15, 0.2) is 0 Å². The Labute approximate surface area is 95.3 Å². The van der Waals surface area contributed by atoms with Crippen molar-refractivity contribution in [1.82, 2.24) is 5.32 Å². The molecule has 0 unspecified atom stereocenters. The van der Waals surface area contributed by atoms with Gasteiger partial charge in [-0.3, -0.25) is 4.79 Å². The lowest BCUT2D eigenvalue weighted by atomic mass is 10.2. The van der Waals surface area contributed by atoms with Gasteiger partial charge in [-0.15, -0.1) is 0 Å². The second kappa shape index (κ2) is 4.66. The predicted molar refractivity (Wildman–Crippen MR) is 62.5 cm³/mol. The highest BCUT2D eigenvalue weighted by molar-refractivity contribution is 14.1. The number of rotatable bonds is 2. The van der Waals surface area contributed by atoms with Crippen LogP contribution in [0.3, 0.4) is 0 Å². The summed E-state index contributed by atoms with van der Waals surface area (Å²) < 4.78 is 2.89. The molecule has 0 aliphatic rings. The van der Waals surface area contributed by atoms with Gasteiger partial charge in [0.2, 0.25) is 0 Å². The summed E-state index contributed by atoms with van der Waals surface area (Å²) in [6.45, 7) is 0. The highest BCUT2D eigenvalue weighted by Crippen LogP contribution is 2.19. The van der Waals surface area contributed by atoms with Gasteiger partial charge < -0.3 is 8.85 Å². The zero-order valence-corrected chi connectivity index (χ0v) is 9.81. The minimum atomic E-state index is -0.143. The second-order valence-electron chi connectivity index (χ2n) is 2.40. The number of carbonyl (C=O) groups is 1. The maximum atomic E-state index is 11.2. The van der Waals surface area contributed by atoms with Crippen molar-refractivity contribution in [2.75, 3.05) is 10.6 Å². The Hall–Kier alpha value is -0.490. The lowest BCUT2D eigenvalue weighted by molar-refractivity contribution is 0.0963. The van der Waals surface area contributed by atoms with E-state index in [1.54, 1.807) is 25.2 Å². The van der Waals surface area contributed by atoms with Crippen molar-refractivity contribution in [3.05, 3.63) is 28.8 Å². The van der Waals surface area contributed by atoms with Crippen molar-refractivity contribution >= 4 is 46.1 Å². The minimum absolute atomic E-state index is 0.143. The Morgan fingerprint density at radius 1 is 1.46 bits per heavy atom. The van der Waals surface area contributed by atoms with Crippen LogP contribution in [-0.4, -0.2) is 13.0 Å². The van der Waals surface area contributed by atoms with Crippen LogP contribution in [0.2, 0.25) is 5.02 Å². The Morgan fingerprint density at radius 2 is 2.15 bits per heavy atom. The first kappa shape index (κ1) is 10.6. The first-order valence-electron chi connectivity index (χ1n) is 3.56. The summed E-state index contributed by atoms with van der Waals surface area (Å²) in [4.78, 5) is 11.2. The number of hydrogen-bond donors (Lipinski definition) is 2. The average molecular weight is 311 g/mol. The Kier molecular flexibility index (Phi) is 3.80. The van der Waals surface area contributed by atoms with Gasteiger partial charge in [-0.2, -0.15) is 0 Å². The van der Waals surface area contributed by atoms with Gasteiger partial charge in [-0.1, -0.05) is 11.6 Å². The van der Waals surface area contributed by atoms with Gasteiger partial charge in [0.05, 0.1) is 22.9 Å². The minimum Gasteiger partial charge on any atom is -0.355 e. The molecular formula is C8H8ClIN2O. The fourth-order valence-corrected chi connectivity index (χ4v) is 1.47. The molecule has 1 amide bonds. The third-order valence-electron chi connectivity index (χ3n) is 1.50. The smallest absolute Gasteiger partial charge is 0.251 e. The van der Waals surface area contributed by atoms with Crippen LogP contribution < -0.4 is 8.85 Å². The molecule has 0 aromatic heterocycles. The molecule has 2 N–H and O–H groups in total. The van der Waals surface area contributed by atoms with Crippen LogP contribution in [0.15, 0.2) is 18.2 Å². The fraction of sp³-hybridized carbons (Fsp3) is 0.125. The third-order valence-corrected chi connectivity index (χ3v) is 2.34. The molecule has 0 spiro atoms. The van der Waals surface area contributed by atoms with E-state index in [0.29, 0.717) is 10.6 Å². The van der Waals surface area contributed by atoms with Crippen LogP contribution in [0.25, 0.3) is 0 Å². The first-order valence-corrected chi connectivity index (χ1v) is 5.02. The molecule has 1 aromatic carbocycles. The molecule has 13 heavy (non-hydrogen) atoms. The number of hydrogen-bond acceptors (Lipinski definition) is 2. The van der Waals surface area contributed by atoms with E-state index < -0.39 is 0 Å². The predicted octanol–water partition coefficient (Wildman–Crippen LogP) is 2.46. The number of carbonyl (C=O) groups excluding carboxylic acids is 1. The summed E-state index contributed by atoms with van der Waals surface area (Å²) in [6.07, 6.45) is 0. The highest BCUT2D eigenvalue weighted by Gasteiger charge is 2.05. The number of nitrogens with one attached hydrogen (secondary N) is 2. The summed E-state index contributed by atoms with van der Waals surface area (Å²) in [5.74, 6) is -0.143. The topological polar surface area (TPSA) is 41.1 Å². The zero-order valence-electron chi connectivity index (χ0n) is 6.90. The lowest BCUT2D eigenvalue weighted by Gasteiger charge is -2.03. The second-order valence-corrected chi connectivity index (χ2v) is 3.38. The van der Waals surface area contributed by atoms with Crippen molar-refractivity contribution < 1.29 is 4.79 Å². The van der Waals surface area contributed by atoms with E-state index in [-0.39, 0.29) is 5.91 Å². The molecule has 70 valence electrons. The van der Waals surface area contributed by atoms with Crippen LogP contribution in [0.5, 0.6) is 0 Å². The standard InChI is InChI=1S/C8H8ClIN2O/c1-11-8(13)5-2-6(9)4-7(3-5)12-10/h2-4,12H,1H3,(H,11,13). The van der Waals surface area contributed by atoms with Gasteiger partial charge in [0, 0.05) is 23.3 Å². The molecule has 0 saturated heterocycles. The Balaban J connectivity index is 3.08. The summed E-state index contributed by atoms with van der Waals surface area (Å²) in [6, 6.07) is 5.11. The molecule has 0 bridgehead atoms. The van der Waals surface area contributed by atoms with E-state index in [4.69, 9.17) is 11.6 Å². The maximum Gasteiger partial charge on any atom is 0.251 e. The SMILES string of the molecule is CNC(=O)c1cc(Cl)cc(NI)c1. The Morgan fingerprint density at radius 3 is 2.69 bits per heavy atom. The maximum absolute atomic E-state index is 11.2. The highest BCUT2D eigenvalue weighted by atomic mass is 127. The molecule has 5 heteroatoms. The van der Waals surface area contributed by atoms with E-state index in [2.05, 4.69) is 8.85 Å². The van der Waals surface area contributed by atoms with Crippen LogP contribution in [0.4, 0.5) is 5.69 Å². The molecule has 0 aliphatic heterocycles. The summed E-state index contributed by atoms with van der Waals surface area (Å²) in [5, 5.41) is 3.07. The van der Waals surface area contributed by atoms with Gasteiger partial charge in [0.25, 0.3) is 5.91 Å². The van der Waals surface area contributed by atoms with Crippen molar-refractivity contribution in [1.29, 1.82) is 0 Å². The number of halogens is 2. The molecule has 1 aromatic rings. The Bertz CT molecular complexity index is 330. The van der Waals surface area contributed by atoms with Crippen molar-refractivity contribution in [3.63, 3.8) is 0 Å². The number of amides is 1. The van der Waals surface area contributed by atoms with Crippen LogP contribution in [0.1, 0.15) is 10.4 Å². The van der Waals surface area contributed by atoms with Gasteiger partial charge >= 0.3 is 0 Å². The van der Waals surface area contributed by atoms with Gasteiger partial charge in [0.1, 0.15) is 0 Å². The van der Waals surface area contributed by atoms with Crippen LogP contribution >= 0.6 is 34.5 Å². The molecule has 0 heterocycles. The molecule has 0 radical (unpaired) electrons. The fourth-order valence-electron chi connectivity index (χ4n) is 0.920. The van der Waals surface area contributed by atoms with Gasteiger partial charge in [-0.05, 0) is 18.2 Å². The molecular weight excluding hydrogens is 302 g/mol. The monoisotopic (exact) mass is 310 g/mol. The van der Waals surface area contributed by atoms with E-state index in [0.717, 1.165) is 5.69 Å². The van der Waals surface area contributed by atoms with E-state index in [1.165, 1.54) is 0 Å². The molecule has 3 nitrogen and oxygen atoms in total. The molecule has 0 aliphatic carbocycles. The first-order chi connectivity index (χ1) is 6.17. The average Bonchev–Trinajstić information content (AvgIpc) is 2.15. The molecule has 0 fully saturated rings. The lowest BCUT2D eigenvalue weighted by Crippen LogP contribution is -2.17. The van der Waals surface area contributed by atoms with E-state index >= 15 is 0 Å². The molecule has 0 atom stereocenters. The van der Waals surface area contributed by atoms with Crippen molar-refractivity contribution in [2.24, 2.45) is 0 Å². The third kappa shape index (κ3) is 2.73. The number of benzene rings is 1. The van der Waals surface area contributed by atoms with E-state index in [9.17, 15) is 4.79 Å². The summed E-state index contributed by atoms with van der Waals surface area (Å²) in [7, 11) is 1.58. The summed E-state index contributed by atoms with van der Waals surface area (Å²) in [5.41, 5.74) is 1.36. The van der Waals surface area contributed by atoms with Crippen molar-refractivity contribution in [3.8, 4) is 0 Å². The van der Waals surface area contributed by atoms with Crippen LogP contribution in [-0.2, 0) is 0 Å². The number of anilines is 1. The molecule has 0 saturated carbocycles. The molecule has 1 rings (SSSR count).